The van der Waals surface area contributed by atoms with E-state index in [1.807, 2.05) is 4.90 Å². The molecule has 0 aromatic heterocycles. The molecule has 104 valence electrons. The second-order valence-corrected chi connectivity index (χ2v) is 5.89. The fraction of sp³-hybridized carbons (Fsp3) is 0.533. The molecule has 0 bridgehead atoms. The average molecular weight is 281 g/mol. The Bertz CT molecular complexity index is 463. The summed E-state index contributed by atoms with van der Waals surface area (Å²) in [6.45, 7) is 6.07. The number of likely N-dealkylation sites (tertiary alicyclic amines) is 1. The Morgan fingerprint density at radius 1 is 1.37 bits per heavy atom. The summed E-state index contributed by atoms with van der Waals surface area (Å²) in [5, 5.41) is 0.514. The van der Waals surface area contributed by atoms with Crippen molar-refractivity contribution in [2.75, 3.05) is 18.8 Å². The smallest absolute Gasteiger partial charge is 0.253 e. The zero-order valence-electron chi connectivity index (χ0n) is 11.6. The number of nitrogen functional groups attached to an aromatic ring is 1. The molecule has 1 aliphatic heterocycles. The van der Waals surface area contributed by atoms with E-state index in [9.17, 15) is 4.79 Å². The fourth-order valence-electron chi connectivity index (χ4n) is 2.85. The summed E-state index contributed by atoms with van der Waals surface area (Å²) in [4.78, 5) is 14.4. The fourth-order valence-corrected chi connectivity index (χ4v) is 3.10. The van der Waals surface area contributed by atoms with Crippen LogP contribution in [0.3, 0.4) is 0 Å². The second kappa shape index (κ2) is 5.41. The topological polar surface area (TPSA) is 46.3 Å². The lowest BCUT2D eigenvalue weighted by Crippen LogP contribution is -2.31. The molecule has 0 atom stereocenters. The number of hydrogen-bond donors (Lipinski definition) is 1. The molecule has 2 rings (SSSR count). The maximum Gasteiger partial charge on any atom is 0.253 e. The normalized spacial score (nSPS) is 17.7. The van der Waals surface area contributed by atoms with Gasteiger partial charge in [0, 0.05) is 29.4 Å². The molecule has 1 aromatic rings. The SMILES string of the molecule is CCC1(CC)CCN(C(=O)c2cc(N)cc(Cl)c2)C1. The van der Waals surface area contributed by atoms with Crippen LogP contribution in [0.25, 0.3) is 0 Å². The van der Waals surface area contributed by atoms with Gasteiger partial charge >= 0.3 is 0 Å². The first kappa shape index (κ1) is 14.2. The largest absolute Gasteiger partial charge is 0.399 e. The Morgan fingerprint density at radius 2 is 2.05 bits per heavy atom. The minimum atomic E-state index is 0.0398. The first-order chi connectivity index (χ1) is 8.99. The van der Waals surface area contributed by atoms with Gasteiger partial charge in [-0.05, 0) is 42.9 Å². The molecular formula is C15H21ClN2O. The minimum Gasteiger partial charge on any atom is -0.399 e. The zero-order chi connectivity index (χ0) is 14.0. The van der Waals surface area contributed by atoms with Gasteiger partial charge in [-0.1, -0.05) is 25.4 Å². The summed E-state index contributed by atoms with van der Waals surface area (Å²) in [7, 11) is 0. The Kier molecular flexibility index (Phi) is 4.04. The lowest BCUT2D eigenvalue weighted by atomic mass is 9.82. The van der Waals surface area contributed by atoms with Gasteiger partial charge < -0.3 is 10.6 Å². The molecular weight excluding hydrogens is 260 g/mol. The van der Waals surface area contributed by atoms with Gasteiger partial charge in [-0.3, -0.25) is 4.79 Å². The predicted octanol–water partition coefficient (Wildman–Crippen LogP) is 3.57. The van der Waals surface area contributed by atoms with Gasteiger partial charge in [-0.15, -0.1) is 0 Å². The highest BCUT2D eigenvalue weighted by atomic mass is 35.5. The van der Waals surface area contributed by atoms with E-state index in [2.05, 4.69) is 13.8 Å². The monoisotopic (exact) mass is 280 g/mol. The molecule has 2 N–H and O–H groups in total. The highest BCUT2D eigenvalue weighted by Crippen LogP contribution is 2.37. The molecule has 1 amide bonds. The molecule has 1 saturated heterocycles. The molecule has 1 fully saturated rings. The number of anilines is 1. The van der Waals surface area contributed by atoms with Gasteiger partial charge in [-0.2, -0.15) is 0 Å². The van der Waals surface area contributed by atoms with Crippen molar-refractivity contribution in [3.05, 3.63) is 28.8 Å². The van der Waals surface area contributed by atoms with Crippen molar-refractivity contribution in [1.82, 2.24) is 4.90 Å². The summed E-state index contributed by atoms with van der Waals surface area (Å²) in [6, 6.07) is 5.05. The van der Waals surface area contributed by atoms with Gasteiger partial charge in [-0.25, -0.2) is 0 Å². The van der Waals surface area contributed by atoms with Gasteiger partial charge in [0.1, 0.15) is 0 Å². The third-order valence-corrected chi connectivity index (χ3v) is 4.61. The van der Waals surface area contributed by atoms with Crippen molar-refractivity contribution < 1.29 is 4.79 Å². The van der Waals surface area contributed by atoms with Gasteiger partial charge in [0.25, 0.3) is 5.91 Å². The number of nitrogens with two attached hydrogens (primary N) is 1. The maximum absolute atomic E-state index is 12.5. The van der Waals surface area contributed by atoms with E-state index >= 15 is 0 Å². The van der Waals surface area contributed by atoms with Gasteiger partial charge in [0.15, 0.2) is 0 Å². The Morgan fingerprint density at radius 3 is 2.58 bits per heavy atom. The van der Waals surface area contributed by atoms with Crippen molar-refractivity contribution in [2.45, 2.75) is 33.1 Å². The van der Waals surface area contributed by atoms with Gasteiger partial charge in [0.05, 0.1) is 0 Å². The maximum atomic E-state index is 12.5. The van der Waals surface area contributed by atoms with E-state index in [0.29, 0.717) is 21.7 Å². The Hall–Kier alpha value is -1.22. The molecule has 4 heteroatoms. The molecule has 0 unspecified atom stereocenters. The molecule has 19 heavy (non-hydrogen) atoms. The number of nitrogens with zero attached hydrogens (tertiary/aromatic N) is 1. The van der Waals surface area contributed by atoms with E-state index in [1.165, 1.54) is 0 Å². The number of carbonyl (C=O) groups excluding carboxylic acids is 1. The Balaban J connectivity index is 2.17. The van der Waals surface area contributed by atoms with Crippen LogP contribution >= 0.6 is 11.6 Å². The van der Waals surface area contributed by atoms with E-state index in [-0.39, 0.29) is 5.91 Å². The van der Waals surface area contributed by atoms with E-state index in [4.69, 9.17) is 17.3 Å². The standard InChI is InChI=1S/C15H21ClN2O/c1-3-15(4-2)5-6-18(10-15)14(19)11-7-12(16)9-13(17)8-11/h7-9H,3-6,10,17H2,1-2H3. The van der Waals surface area contributed by atoms with E-state index in [0.717, 1.165) is 32.4 Å². The highest BCUT2D eigenvalue weighted by Gasteiger charge is 2.37. The number of rotatable bonds is 3. The van der Waals surface area contributed by atoms with E-state index < -0.39 is 0 Å². The summed E-state index contributed by atoms with van der Waals surface area (Å²) < 4.78 is 0. The number of hydrogen-bond acceptors (Lipinski definition) is 2. The number of halogens is 1. The van der Waals surface area contributed by atoms with Crippen molar-refractivity contribution in [3.8, 4) is 0 Å². The Labute approximate surface area is 119 Å². The van der Waals surface area contributed by atoms with Crippen LogP contribution in [0, 0.1) is 5.41 Å². The predicted molar refractivity (Wildman–Crippen MR) is 79.4 cm³/mol. The average Bonchev–Trinajstić information content (AvgIpc) is 2.82. The number of amides is 1. The first-order valence-corrected chi connectivity index (χ1v) is 7.23. The molecule has 3 nitrogen and oxygen atoms in total. The molecule has 0 radical (unpaired) electrons. The van der Waals surface area contributed by atoms with Crippen LogP contribution in [-0.2, 0) is 0 Å². The number of benzene rings is 1. The highest BCUT2D eigenvalue weighted by molar-refractivity contribution is 6.31. The van der Waals surface area contributed by atoms with Crippen LogP contribution < -0.4 is 5.73 Å². The molecule has 0 aliphatic carbocycles. The number of carbonyl (C=O) groups is 1. The molecule has 0 saturated carbocycles. The van der Waals surface area contributed by atoms with Crippen molar-refractivity contribution in [2.24, 2.45) is 5.41 Å². The first-order valence-electron chi connectivity index (χ1n) is 6.85. The van der Waals surface area contributed by atoms with Crippen LogP contribution in [0.2, 0.25) is 5.02 Å². The van der Waals surface area contributed by atoms with Crippen LogP contribution in [-0.4, -0.2) is 23.9 Å². The van der Waals surface area contributed by atoms with Crippen LogP contribution in [0.15, 0.2) is 18.2 Å². The third kappa shape index (κ3) is 2.86. The quantitative estimate of drug-likeness (QED) is 0.860. The molecule has 1 heterocycles. The molecule has 0 spiro atoms. The minimum absolute atomic E-state index is 0.0398. The second-order valence-electron chi connectivity index (χ2n) is 5.46. The summed E-state index contributed by atoms with van der Waals surface area (Å²) in [5.41, 5.74) is 7.16. The molecule has 1 aromatic carbocycles. The van der Waals surface area contributed by atoms with Crippen LogP contribution in [0.4, 0.5) is 5.69 Å². The zero-order valence-corrected chi connectivity index (χ0v) is 12.3. The van der Waals surface area contributed by atoms with Crippen LogP contribution in [0.5, 0.6) is 0 Å². The van der Waals surface area contributed by atoms with Crippen molar-refractivity contribution in [1.29, 1.82) is 0 Å². The summed E-state index contributed by atoms with van der Waals surface area (Å²) in [5.74, 6) is 0.0398. The van der Waals surface area contributed by atoms with Gasteiger partial charge in [0.2, 0.25) is 0 Å². The third-order valence-electron chi connectivity index (χ3n) is 4.39. The van der Waals surface area contributed by atoms with E-state index in [1.54, 1.807) is 18.2 Å². The lowest BCUT2D eigenvalue weighted by molar-refractivity contribution is 0.0770. The van der Waals surface area contributed by atoms with Crippen molar-refractivity contribution in [3.63, 3.8) is 0 Å². The van der Waals surface area contributed by atoms with Crippen molar-refractivity contribution >= 4 is 23.2 Å². The summed E-state index contributed by atoms with van der Waals surface area (Å²) in [6.07, 6.45) is 3.32. The van der Waals surface area contributed by atoms with Crippen LogP contribution in [0.1, 0.15) is 43.5 Å². The summed E-state index contributed by atoms with van der Waals surface area (Å²) >= 11 is 5.96. The molecule has 1 aliphatic rings. The lowest BCUT2D eigenvalue weighted by Gasteiger charge is -2.26.